The fraction of sp³-hybridized carbons (Fsp3) is 0.458. The quantitative estimate of drug-likeness (QED) is 0.221. The number of rotatable bonds is 11. The van der Waals surface area contributed by atoms with Gasteiger partial charge < -0.3 is 30.0 Å². The van der Waals surface area contributed by atoms with E-state index in [-0.39, 0.29) is 36.6 Å². The zero-order valence-electron chi connectivity index (χ0n) is 19.6. The van der Waals surface area contributed by atoms with Gasteiger partial charge in [0.25, 0.3) is 0 Å². The van der Waals surface area contributed by atoms with Gasteiger partial charge in [-0.1, -0.05) is 18.2 Å². The summed E-state index contributed by atoms with van der Waals surface area (Å²) >= 11 is 0. The molecule has 0 fully saturated rings. The van der Waals surface area contributed by atoms with E-state index in [2.05, 4.69) is 15.6 Å². The molecule has 0 aliphatic heterocycles. The highest BCUT2D eigenvalue weighted by Gasteiger charge is 2.09. The molecule has 2 aromatic rings. The summed E-state index contributed by atoms with van der Waals surface area (Å²) in [4.78, 5) is 4.52. The minimum absolute atomic E-state index is 0. The van der Waals surface area contributed by atoms with Gasteiger partial charge in [0.15, 0.2) is 17.5 Å². The number of aliphatic hydroxyl groups excluding tert-OH is 1. The molecular weight excluding hydrogens is 521 g/mol. The lowest BCUT2D eigenvalue weighted by Gasteiger charge is -2.15. The summed E-state index contributed by atoms with van der Waals surface area (Å²) in [5.41, 5.74) is 1.94. The van der Waals surface area contributed by atoms with Gasteiger partial charge in [0.05, 0.1) is 33.0 Å². The number of aliphatic imine (C=N–C) groups is 1. The van der Waals surface area contributed by atoms with Gasteiger partial charge in [0.1, 0.15) is 5.75 Å². The molecule has 0 radical (unpaired) electrons. The first-order chi connectivity index (χ1) is 15.0. The second-order valence-corrected chi connectivity index (χ2v) is 7.34. The Hall–Kier alpha value is -2.20. The number of aliphatic hydroxyl groups is 1. The van der Waals surface area contributed by atoms with Crippen molar-refractivity contribution in [2.75, 3.05) is 33.9 Å². The highest BCUT2D eigenvalue weighted by atomic mass is 127. The molecule has 0 aliphatic rings. The van der Waals surface area contributed by atoms with Gasteiger partial charge in [-0.2, -0.15) is 0 Å². The van der Waals surface area contributed by atoms with Crippen LogP contribution in [0, 0.1) is 0 Å². The minimum Gasteiger partial charge on any atom is -0.493 e. The van der Waals surface area contributed by atoms with Crippen LogP contribution >= 0.6 is 24.0 Å². The Bertz CT molecular complexity index is 828. The molecule has 0 bridgehead atoms. The molecule has 0 amide bonds. The summed E-state index contributed by atoms with van der Waals surface area (Å²) in [7, 11) is 3.26. The van der Waals surface area contributed by atoms with E-state index in [1.807, 2.05) is 63.2 Å². The third-order valence-corrected chi connectivity index (χ3v) is 4.56. The van der Waals surface area contributed by atoms with Crippen LogP contribution in [0.5, 0.6) is 17.2 Å². The molecule has 0 spiro atoms. The van der Waals surface area contributed by atoms with Crippen molar-refractivity contribution in [3.8, 4) is 17.2 Å². The van der Waals surface area contributed by atoms with Gasteiger partial charge in [-0.15, -0.1) is 24.0 Å². The summed E-state index contributed by atoms with van der Waals surface area (Å²) < 4.78 is 16.3. The number of guanidine groups is 1. The number of hydrogen-bond acceptors (Lipinski definition) is 5. The lowest BCUT2D eigenvalue weighted by atomic mass is 10.1. The second-order valence-electron chi connectivity index (χ2n) is 7.34. The average molecular weight is 557 g/mol. The topological polar surface area (TPSA) is 84.3 Å². The number of benzene rings is 2. The van der Waals surface area contributed by atoms with E-state index in [1.54, 1.807) is 14.2 Å². The Balaban J connectivity index is 0.00000512. The molecule has 8 heteroatoms. The largest absolute Gasteiger partial charge is 0.493 e. The first-order valence-corrected chi connectivity index (χ1v) is 10.6. The summed E-state index contributed by atoms with van der Waals surface area (Å²) in [5.74, 6) is 2.89. The highest BCUT2D eigenvalue weighted by Crippen LogP contribution is 2.27. The fourth-order valence-corrected chi connectivity index (χ4v) is 3.03. The van der Waals surface area contributed by atoms with Crippen LogP contribution in [-0.2, 0) is 6.42 Å². The van der Waals surface area contributed by atoms with Gasteiger partial charge >= 0.3 is 0 Å². The molecule has 1 atom stereocenters. The first-order valence-electron chi connectivity index (χ1n) is 10.6. The Morgan fingerprint density at radius 2 is 1.69 bits per heavy atom. The van der Waals surface area contributed by atoms with Crippen molar-refractivity contribution in [1.29, 1.82) is 0 Å². The number of hydrogen-bond donors (Lipinski definition) is 3. The summed E-state index contributed by atoms with van der Waals surface area (Å²) in [6.07, 6.45) is 0.229. The Labute approximate surface area is 208 Å². The lowest BCUT2D eigenvalue weighted by molar-refractivity contribution is 0.186. The first kappa shape index (κ1) is 27.8. The standard InChI is InChI=1S/C24H35N3O4.HI/c1-6-25-24(26-14-13-18-7-12-22(29-4)23(15-18)30-5)27-16-21(28)19-8-10-20(11-9-19)31-17(2)3;/h7-12,15,17,21,28H,6,13-14,16H2,1-5H3,(H2,25,26,27);1H. The number of halogens is 1. The van der Waals surface area contributed by atoms with Crippen molar-refractivity contribution >= 4 is 29.9 Å². The van der Waals surface area contributed by atoms with Crippen molar-refractivity contribution in [2.24, 2.45) is 4.99 Å². The normalized spacial score (nSPS) is 12.0. The summed E-state index contributed by atoms with van der Waals surface area (Å²) in [6, 6.07) is 13.4. The molecule has 32 heavy (non-hydrogen) atoms. The lowest BCUT2D eigenvalue weighted by Crippen LogP contribution is -2.38. The molecule has 3 N–H and O–H groups in total. The third kappa shape index (κ3) is 9.12. The second kappa shape index (κ2) is 14.8. The third-order valence-electron chi connectivity index (χ3n) is 4.56. The number of ether oxygens (including phenoxy) is 3. The maximum absolute atomic E-state index is 10.5. The molecule has 7 nitrogen and oxygen atoms in total. The van der Waals surface area contributed by atoms with Gasteiger partial charge in [-0.05, 0) is 62.6 Å². The molecule has 178 valence electrons. The van der Waals surface area contributed by atoms with E-state index in [1.165, 1.54) is 0 Å². The molecule has 0 aliphatic carbocycles. The van der Waals surface area contributed by atoms with E-state index in [0.717, 1.165) is 29.8 Å². The highest BCUT2D eigenvalue weighted by molar-refractivity contribution is 14.0. The molecule has 1 unspecified atom stereocenters. The molecule has 2 rings (SSSR count). The average Bonchev–Trinajstić information content (AvgIpc) is 2.77. The van der Waals surface area contributed by atoms with Crippen LogP contribution in [0.2, 0.25) is 0 Å². The van der Waals surface area contributed by atoms with Crippen LogP contribution in [-0.4, -0.2) is 51.0 Å². The van der Waals surface area contributed by atoms with Gasteiger partial charge in [0.2, 0.25) is 0 Å². The van der Waals surface area contributed by atoms with E-state index >= 15 is 0 Å². The summed E-state index contributed by atoms with van der Waals surface area (Å²) in [6.45, 7) is 7.67. The van der Waals surface area contributed by atoms with E-state index < -0.39 is 6.10 Å². The predicted octanol–water partition coefficient (Wildman–Crippen LogP) is 3.94. The number of nitrogens with zero attached hydrogens (tertiary/aromatic N) is 1. The number of methoxy groups -OCH3 is 2. The van der Waals surface area contributed by atoms with Crippen molar-refractivity contribution in [2.45, 2.75) is 39.4 Å². The minimum atomic E-state index is -0.686. The van der Waals surface area contributed by atoms with Crippen LogP contribution < -0.4 is 24.8 Å². The fourth-order valence-electron chi connectivity index (χ4n) is 3.03. The van der Waals surface area contributed by atoms with Gasteiger partial charge in [-0.3, -0.25) is 4.99 Å². The zero-order chi connectivity index (χ0) is 22.6. The van der Waals surface area contributed by atoms with Crippen LogP contribution in [0.4, 0.5) is 0 Å². The maximum Gasteiger partial charge on any atom is 0.191 e. The monoisotopic (exact) mass is 557 g/mol. The SMILES string of the molecule is CCNC(=NCC(O)c1ccc(OC(C)C)cc1)NCCc1ccc(OC)c(OC)c1.I. The van der Waals surface area contributed by atoms with Crippen LogP contribution in [0.25, 0.3) is 0 Å². The van der Waals surface area contributed by atoms with Crippen molar-refractivity contribution in [3.63, 3.8) is 0 Å². The molecule has 0 heterocycles. The van der Waals surface area contributed by atoms with Crippen LogP contribution in [0.3, 0.4) is 0 Å². The van der Waals surface area contributed by atoms with Crippen molar-refractivity contribution in [3.05, 3.63) is 53.6 Å². The number of nitrogens with one attached hydrogen (secondary N) is 2. The van der Waals surface area contributed by atoms with Gasteiger partial charge in [0, 0.05) is 13.1 Å². The molecule has 0 saturated heterocycles. The predicted molar refractivity (Wildman–Crippen MR) is 140 cm³/mol. The molecule has 2 aromatic carbocycles. The van der Waals surface area contributed by atoms with Crippen LogP contribution in [0.15, 0.2) is 47.5 Å². The molecule has 0 saturated carbocycles. The Morgan fingerprint density at radius 1 is 1.00 bits per heavy atom. The van der Waals surface area contributed by atoms with Crippen LogP contribution in [0.1, 0.15) is 38.0 Å². The van der Waals surface area contributed by atoms with Gasteiger partial charge in [-0.25, -0.2) is 0 Å². The van der Waals surface area contributed by atoms with E-state index in [9.17, 15) is 5.11 Å². The van der Waals surface area contributed by atoms with Crippen molar-refractivity contribution in [1.82, 2.24) is 10.6 Å². The smallest absolute Gasteiger partial charge is 0.191 e. The molecular formula is C24H36IN3O4. The Kier molecular flexibility index (Phi) is 12.9. The zero-order valence-corrected chi connectivity index (χ0v) is 21.9. The Morgan fingerprint density at radius 3 is 2.28 bits per heavy atom. The van der Waals surface area contributed by atoms with E-state index in [0.29, 0.717) is 24.0 Å². The maximum atomic E-state index is 10.5. The molecule has 0 aromatic heterocycles. The van der Waals surface area contributed by atoms with Crippen molar-refractivity contribution < 1.29 is 19.3 Å². The summed E-state index contributed by atoms with van der Waals surface area (Å²) in [5, 5.41) is 17.0. The van der Waals surface area contributed by atoms with E-state index in [4.69, 9.17) is 14.2 Å².